The second-order valence-electron chi connectivity index (χ2n) is 9.37. The predicted molar refractivity (Wildman–Crippen MR) is 120 cm³/mol. The first kappa shape index (κ1) is 32.8. The van der Waals surface area contributed by atoms with Crippen LogP contribution in [0.5, 0.6) is 11.5 Å². The summed E-state index contributed by atoms with van der Waals surface area (Å²) in [5.74, 6) is -3.39. The van der Waals surface area contributed by atoms with E-state index >= 15 is 0 Å². The lowest BCUT2D eigenvalue weighted by molar-refractivity contribution is -0.377. The van der Waals surface area contributed by atoms with Crippen molar-refractivity contribution < 1.29 is 73.1 Å². The van der Waals surface area contributed by atoms with Gasteiger partial charge in [-0.05, 0) is 47.9 Å². The molecule has 0 aliphatic rings. The largest absolute Gasteiger partial charge is 0.508 e. The Morgan fingerprint density at radius 1 is 0.452 bits per heavy atom. The Bertz CT molecular complexity index is 1330. The summed E-state index contributed by atoms with van der Waals surface area (Å²) >= 11 is 0. The van der Waals surface area contributed by atoms with Crippen LogP contribution in [0.4, 0.5) is 52.7 Å². The molecule has 16 heteroatoms. The first-order valence-corrected chi connectivity index (χ1v) is 11.3. The third kappa shape index (κ3) is 4.89. The van der Waals surface area contributed by atoms with E-state index < -0.39 is 75.1 Å². The number of aliphatic hydroxyl groups is 2. The Balaban J connectivity index is 2.48. The van der Waals surface area contributed by atoms with Crippen LogP contribution in [-0.2, 0) is 16.6 Å². The second-order valence-corrected chi connectivity index (χ2v) is 9.37. The van der Waals surface area contributed by atoms with Crippen LogP contribution in [0.3, 0.4) is 0 Å². The first-order chi connectivity index (χ1) is 18.8. The number of hydrogen-bond acceptors (Lipinski definition) is 4. The maximum Gasteiger partial charge on any atom is 0.430 e. The molecule has 0 unspecified atom stereocenters. The summed E-state index contributed by atoms with van der Waals surface area (Å²) in [4.78, 5) is 0. The molecule has 0 saturated heterocycles. The number of phenolic OH excluding ortho intramolecular Hbond substituents is 2. The highest BCUT2D eigenvalue weighted by Crippen LogP contribution is 2.55. The zero-order valence-electron chi connectivity index (χ0n) is 20.7. The van der Waals surface area contributed by atoms with Crippen molar-refractivity contribution in [3.05, 3.63) is 94.5 Å². The molecule has 4 N–H and O–H groups in total. The highest BCUT2D eigenvalue weighted by molar-refractivity contribution is 5.56. The average Bonchev–Trinajstić information content (AvgIpc) is 2.85. The summed E-state index contributed by atoms with van der Waals surface area (Å²) in [7, 11) is 0. The van der Waals surface area contributed by atoms with Crippen molar-refractivity contribution in [3.63, 3.8) is 0 Å². The lowest BCUT2D eigenvalue weighted by atomic mass is 9.69. The highest BCUT2D eigenvalue weighted by Gasteiger charge is 2.73. The van der Waals surface area contributed by atoms with Crippen molar-refractivity contribution in [1.29, 1.82) is 0 Å². The molecule has 0 aliphatic heterocycles. The van der Waals surface area contributed by atoms with Crippen molar-refractivity contribution in [2.24, 2.45) is 0 Å². The molecule has 0 bridgehead atoms. The molecule has 3 rings (SSSR count). The normalized spacial score (nSPS) is 14.3. The maximum atomic E-state index is 13.6. The lowest BCUT2D eigenvalue weighted by Crippen LogP contribution is -2.54. The van der Waals surface area contributed by atoms with Gasteiger partial charge in [0.15, 0.2) is 0 Å². The fourth-order valence-corrected chi connectivity index (χ4v) is 4.48. The Morgan fingerprint density at radius 2 is 0.762 bits per heavy atom. The first-order valence-electron chi connectivity index (χ1n) is 11.3. The minimum absolute atomic E-state index is 0.0511. The van der Waals surface area contributed by atoms with E-state index in [-0.39, 0.29) is 17.7 Å². The summed E-state index contributed by atoms with van der Waals surface area (Å²) in [6.45, 7) is 0.995. The number of halogens is 12. The Hall–Kier alpha value is -3.66. The van der Waals surface area contributed by atoms with Crippen LogP contribution in [-0.4, -0.2) is 45.1 Å². The maximum absolute atomic E-state index is 13.6. The van der Waals surface area contributed by atoms with E-state index in [0.29, 0.717) is 12.1 Å². The minimum Gasteiger partial charge on any atom is -0.508 e. The number of benzene rings is 3. The Morgan fingerprint density at radius 3 is 1.05 bits per heavy atom. The third-order valence-electron chi connectivity index (χ3n) is 6.92. The van der Waals surface area contributed by atoms with Gasteiger partial charge >= 0.3 is 24.7 Å². The van der Waals surface area contributed by atoms with Gasteiger partial charge in [-0.3, -0.25) is 0 Å². The minimum atomic E-state index is -6.47. The van der Waals surface area contributed by atoms with Crippen molar-refractivity contribution in [2.45, 2.75) is 48.2 Å². The van der Waals surface area contributed by atoms with Gasteiger partial charge in [0.05, 0.1) is 0 Å². The molecule has 0 fully saturated rings. The molecule has 0 aromatic heterocycles. The van der Waals surface area contributed by atoms with Gasteiger partial charge in [-0.15, -0.1) is 0 Å². The Kier molecular flexibility index (Phi) is 7.80. The van der Waals surface area contributed by atoms with E-state index in [1.165, 1.54) is 30.3 Å². The van der Waals surface area contributed by atoms with Crippen LogP contribution >= 0.6 is 0 Å². The molecule has 0 heterocycles. The van der Waals surface area contributed by atoms with Gasteiger partial charge in [0.25, 0.3) is 11.2 Å². The van der Waals surface area contributed by atoms with Gasteiger partial charge in [0, 0.05) is 16.5 Å². The molecule has 0 aliphatic carbocycles. The average molecular weight is 622 g/mol. The smallest absolute Gasteiger partial charge is 0.430 e. The monoisotopic (exact) mass is 622 g/mol. The van der Waals surface area contributed by atoms with Crippen LogP contribution in [0.25, 0.3) is 0 Å². The highest BCUT2D eigenvalue weighted by atomic mass is 19.4. The summed E-state index contributed by atoms with van der Waals surface area (Å²) < 4.78 is 164. The molecule has 3 aromatic rings. The van der Waals surface area contributed by atoms with Crippen molar-refractivity contribution in [2.75, 3.05) is 0 Å². The predicted octanol–water partition coefficient (Wildman–Crippen LogP) is 7.08. The van der Waals surface area contributed by atoms with Crippen molar-refractivity contribution in [3.8, 4) is 11.5 Å². The molecule has 0 radical (unpaired) electrons. The quantitative estimate of drug-likeness (QED) is 0.181. The topological polar surface area (TPSA) is 80.9 Å². The summed E-state index contributed by atoms with van der Waals surface area (Å²) in [5.41, 5.74) is -19.3. The van der Waals surface area contributed by atoms with Gasteiger partial charge in [-0.1, -0.05) is 42.5 Å². The lowest BCUT2D eigenvalue weighted by Gasteiger charge is -2.37. The number of aromatic hydroxyl groups is 2. The van der Waals surface area contributed by atoms with E-state index in [4.69, 9.17) is 0 Å². The summed E-state index contributed by atoms with van der Waals surface area (Å²) in [6.07, 6.45) is -25.9. The molecule has 42 heavy (non-hydrogen) atoms. The molecule has 3 aromatic carbocycles. The molecule has 4 nitrogen and oxygen atoms in total. The van der Waals surface area contributed by atoms with E-state index in [9.17, 15) is 73.1 Å². The molecular formula is C26H18F12O4. The molecule has 0 atom stereocenters. The Labute approximate surface area is 228 Å². The fraction of sp³-hybridized carbons (Fsp3) is 0.308. The van der Waals surface area contributed by atoms with Gasteiger partial charge in [0.2, 0.25) is 0 Å². The zero-order valence-corrected chi connectivity index (χ0v) is 20.7. The molecule has 0 spiro atoms. The van der Waals surface area contributed by atoms with Crippen LogP contribution in [0.15, 0.2) is 66.7 Å². The van der Waals surface area contributed by atoms with Gasteiger partial charge < -0.3 is 20.4 Å². The molecule has 0 saturated carbocycles. The standard InChI is InChI=1S/C26H18F12O4/c1-20(13-5-3-2-4-6-13,14-7-9-18(39)16(11-14)21(41,23(27,28)29)24(30,31)32)15-8-10-19(40)17(12-15)22(42,25(33,34)35)26(36,37)38/h2-12,39-42H,1H3. The number of alkyl halides is 12. The van der Waals surface area contributed by atoms with Gasteiger partial charge in [-0.25, -0.2) is 0 Å². The van der Waals surface area contributed by atoms with Crippen molar-refractivity contribution in [1.82, 2.24) is 0 Å². The number of hydrogen-bond donors (Lipinski definition) is 4. The summed E-state index contributed by atoms with van der Waals surface area (Å²) in [6, 6.07) is 8.49. The number of phenols is 2. The zero-order chi connectivity index (χ0) is 32.3. The summed E-state index contributed by atoms with van der Waals surface area (Å²) in [5, 5.41) is 39.8. The SMILES string of the molecule is CC(c1ccccc1)(c1ccc(O)c(C(O)(C(F)(F)F)C(F)(F)F)c1)c1ccc(O)c(C(O)(C(F)(F)F)C(F)(F)F)c1. The van der Waals surface area contributed by atoms with E-state index in [1.54, 1.807) is 0 Å². The molecule has 0 amide bonds. The van der Waals surface area contributed by atoms with Crippen LogP contribution in [0, 0.1) is 0 Å². The van der Waals surface area contributed by atoms with E-state index in [0.717, 1.165) is 19.1 Å². The van der Waals surface area contributed by atoms with Crippen LogP contribution in [0.1, 0.15) is 34.7 Å². The van der Waals surface area contributed by atoms with Crippen LogP contribution in [0.2, 0.25) is 0 Å². The molecular weight excluding hydrogens is 604 g/mol. The van der Waals surface area contributed by atoms with Gasteiger partial charge in [-0.2, -0.15) is 52.7 Å². The number of rotatable bonds is 5. The molecule has 230 valence electrons. The van der Waals surface area contributed by atoms with Crippen molar-refractivity contribution >= 4 is 0 Å². The van der Waals surface area contributed by atoms with E-state index in [1.807, 2.05) is 0 Å². The van der Waals surface area contributed by atoms with Crippen LogP contribution < -0.4 is 0 Å². The van der Waals surface area contributed by atoms with E-state index in [2.05, 4.69) is 0 Å². The third-order valence-corrected chi connectivity index (χ3v) is 6.92. The second kappa shape index (κ2) is 9.97. The van der Waals surface area contributed by atoms with Gasteiger partial charge in [0.1, 0.15) is 11.5 Å². The fourth-order valence-electron chi connectivity index (χ4n) is 4.48.